The maximum absolute atomic E-state index is 5.47. The van der Waals surface area contributed by atoms with Crippen molar-refractivity contribution in [3.63, 3.8) is 0 Å². The molecule has 2 bridgehead atoms. The zero-order valence-corrected chi connectivity index (χ0v) is 11.2. The van der Waals surface area contributed by atoms with Crippen LogP contribution in [-0.2, 0) is 0 Å². The molecule has 19 heavy (non-hydrogen) atoms. The third kappa shape index (κ3) is 1.82. The van der Waals surface area contributed by atoms with E-state index in [1.165, 1.54) is 25.7 Å². The molecule has 4 heterocycles. The highest BCUT2D eigenvalue weighted by Gasteiger charge is 2.35. The average molecular weight is 257 g/mol. The van der Waals surface area contributed by atoms with Crippen LogP contribution in [0.3, 0.4) is 0 Å². The van der Waals surface area contributed by atoms with Gasteiger partial charge in [-0.05, 0) is 37.8 Å². The molecule has 0 aliphatic carbocycles. The Labute approximate surface area is 112 Å². The van der Waals surface area contributed by atoms with Gasteiger partial charge in [0, 0.05) is 31.4 Å². The minimum atomic E-state index is 0.590. The molecule has 0 spiro atoms. The Bertz CT molecular complexity index is 582. The largest absolute Gasteiger partial charge is 0.464 e. The van der Waals surface area contributed by atoms with Gasteiger partial charge in [0.25, 0.3) is 0 Å². The summed E-state index contributed by atoms with van der Waals surface area (Å²) >= 11 is 0. The molecule has 4 heteroatoms. The molecule has 0 aromatic carbocycles. The molecule has 2 aromatic rings. The first kappa shape index (κ1) is 11.3. The van der Waals surface area contributed by atoms with Crippen molar-refractivity contribution in [3.05, 3.63) is 24.6 Å². The second-order valence-corrected chi connectivity index (χ2v) is 5.84. The van der Waals surface area contributed by atoms with Crippen molar-refractivity contribution < 1.29 is 4.42 Å². The standard InChI is InChI=1S/C15H19N3O/c1-18(12-8-10-2-3-11(9-12)17-10)15-13-5-7-19-14(13)4-6-16-15/h4-7,10-12,17H,2-3,8-9H2,1H3. The number of piperidine rings is 1. The molecule has 100 valence electrons. The third-order valence-corrected chi connectivity index (χ3v) is 4.69. The van der Waals surface area contributed by atoms with Crippen molar-refractivity contribution in [2.75, 3.05) is 11.9 Å². The summed E-state index contributed by atoms with van der Waals surface area (Å²) in [7, 11) is 2.17. The van der Waals surface area contributed by atoms with E-state index in [9.17, 15) is 0 Å². The molecular formula is C15H19N3O. The highest BCUT2D eigenvalue weighted by atomic mass is 16.3. The predicted octanol–water partition coefficient (Wildman–Crippen LogP) is 2.55. The van der Waals surface area contributed by atoms with Crippen molar-refractivity contribution >= 4 is 16.8 Å². The van der Waals surface area contributed by atoms with Gasteiger partial charge in [0.1, 0.15) is 11.4 Å². The summed E-state index contributed by atoms with van der Waals surface area (Å²) in [5.74, 6) is 1.05. The second-order valence-electron chi connectivity index (χ2n) is 5.84. The predicted molar refractivity (Wildman–Crippen MR) is 75.4 cm³/mol. The molecule has 0 radical (unpaired) electrons. The van der Waals surface area contributed by atoms with Gasteiger partial charge < -0.3 is 14.6 Å². The number of fused-ring (bicyclic) bond motifs is 3. The lowest BCUT2D eigenvalue weighted by Crippen LogP contribution is -2.47. The van der Waals surface area contributed by atoms with Gasteiger partial charge in [0.05, 0.1) is 11.6 Å². The van der Waals surface area contributed by atoms with E-state index in [1.54, 1.807) is 6.26 Å². The van der Waals surface area contributed by atoms with Gasteiger partial charge in [-0.2, -0.15) is 0 Å². The quantitative estimate of drug-likeness (QED) is 0.897. The molecule has 4 rings (SSSR count). The van der Waals surface area contributed by atoms with Gasteiger partial charge in [0.15, 0.2) is 0 Å². The molecule has 2 fully saturated rings. The van der Waals surface area contributed by atoms with E-state index in [4.69, 9.17) is 4.42 Å². The first-order valence-corrected chi connectivity index (χ1v) is 7.12. The molecule has 2 aromatic heterocycles. The van der Waals surface area contributed by atoms with E-state index in [0.717, 1.165) is 16.8 Å². The van der Waals surface area contributed by atoms with Crippen LogP contribution in [0.25, 0.3) is 11.0 Å². The SMILES string of the molecule is CN(c1nccc2occc12)C1CC2CCC(C1)N2. The van der Waals surface area contributed by atoms with Crippen LogP contribution in [0.1, 0.15) is 25.7 Å². The van der Waals surface area contributed by atoms with Gasteiger partial charge in [-0.25, -0.2) is 4.98 Å². The Hall–Kier alpha value is -1.55. The molecule has 2 atom stereocenters. The lowest BCUT2D eigenvalue weighted by molar-refractivity contribution is 0.354. The molecule has 1 N–H and O–H groups in total. The van der Waals surface area contributed by atoms with Crippen LogP contribution in [-0.4, -0.2) is 30.2 Å². The van der Waals surface area contributed by atoms with Crippen molar-refractivity contribution in [2.24, 2.45) is 0 Å². The molecule has 4 nitrogen and oxygen atoms in total. The van der Waals surface area contributed by atoms with Gasteiger partial charge in [-0.15, -0.1) is 0 Å². The maximum atomic E-state index is 5.47. The minimum absolute atomic E-state index is 0.590. The van der Waals surface area contributed by atoms with Crippen LogP contribution in [0.4, 0.5) is 5.82 Å². The van der Waals surface area contributed by atoms with Gasteiger partial charge in [-0.3, -0.25) is 0 Å². The number of nitrogens with zero attached hydrogens (tertiary/aromatic N) is 2. The summed E-state index contributed by atoms with van der Waals surface area (Å²) < 4.78 is 5.47. The third-order valence-electron chi connectivity index (χ3n) is 4.69. The lowest BCUT2D eigenvalue weighted by Gasteiger charge is -2.36. The van der Waals surface area contributed by atoms with Crippen LogP contribution in [0.15, 0.2) is 29.0 Å². The van der Waals surface area contributed by atoms with E-state index in [2.05, 4.69) is 22.2 Å². The number of furan rings is 1. The van der Waals surface area contributed by atoms with Crippen molar-refractivity contribution in [1.29, 1.82) is 0 Å². The molecule has 2 saturated heterocycles. The van der Waals surface area contributed by atoms with E-state index in [-0.39, 0.29) is 0 Å². The number of nitrogens with one attached hydrogen (secondary N) is 1. The first-order chi connectivity index (χ1) is 9.31. The molecule has 0 saturated carbocycles. The fourth-order valence-corrected chi connectivity index (χ4v) is 3.68. The van der Waals surface area contributed by atoms with E-state index < -0.39 is 0 Å². The van der Waals surface area contributed by atoms with Crippen LogP contribution in [0.5, 0.6) is 0 Å². The van der Waals surface area contributed by atoms with Crippen molar-refractivity contribution in [2.45, 2.75) is 43.8 Å². The fourth-order valence-electron chi connectivity index (χ4n) is 3.68. The number of hydrogen-bond donors (Lipinski definition) is 1. The monoisotopic (exact) mass is 257 g/mol. The van der Waals surface area contributed by atoms with E-state index in [1.807, 2.05) is 18.3 Å². The Morgan fingerprint density at radius 3 is 2.84 bits per heavy atom. The fraction of sp³-hybridized carbons (Fsp3) is 0.533. The number of rotatable bonds is 2. The molecule has 2 aliphatic rings. The highest BCUT2D eigenvalue weighted by Crippen LogP contribution is 2.33. The summed E-state index contributed by atoms with van der Waals surface area (Å²) in [5.41, 5.74) is 0.925. The summed E-state index contributed by atoms with van der Waals surface area (Å²) in [6.07, 6.45) is 8.70. The Balaban J connectivity index is 1.66. The second kappa shape index (κ2) is 4.23. The molecular weight excluding hydrogens is 238 g/mol. The number of pyridine rings is 1. The van der Waals surface area contributed by atoms with Crippen molar-refractivity contribution in [1.82, 2.24) is 10.3 Å². The molecule has 2 unspecified atom stereocenters. The molecule has 2 aliphatic heterocycles. The van der Waals surface area contributed by atoms with Crippen LogP contribution in [0.2, 0.25) is 0 Å². The summed E-state index contributed by atoms with van der Waals surface area (Å²) in [6, 6.07) is 5.94. The Morgan fingerprint density at radius 2 is 2.05 bits per heavy atom. The minimum Gasteiger partial charge on any atom is -0.464 e. The van der Waals surface area contributed by atoms with Gasteiger partial charge in [0.2, 0.25) is 0 Å². The zero-order valence-electron chi connectivity index (χ0n) is 11.2. The highest BCUT2D eigenvalue weighted by molar-refractivity contribution is 5.88. The van der Waals surface area contributed by atoms with Gasteiger partial charge >= 0.3 is 0 Å². The van der Waals surface area contributed by atoms with Gasteiger partial charge in [-0.1, -0.05) is 0 Å². The van der Waals surface area contributed by atoms with Crippen LogP contribution in [0, 0.1) is 0 Å². The average Bonchev–Trinajstić information content (AvgIpc) is 3.04. The zero-order chi connectivity index (χ0) is 12.8. The lowest BCUT2D eigenvalue weighted by atomic mass is 9.98. The number of anilines is 1. The summed E-state index contributed by atoms with van der Waals surface area (Å²) in [4.78, 5) is 6.92. The molecule has 0 amide bonds. The normalized spacial score (nSPS) is 29.8. The summed E-state index contributed by atoms with van der Waals surface area (Å²) in [6.45, 7) is 0. The van der Waals surface area contributed by atoms with E-state index in [0.29, 0.717) is 18.1 Å². The van der Waals surface area contributed by atoms with Crippen molar-refractivity contribution in [3.8, 4) is 0 Å². The number of aromatic nitrogens is 1. The topological polar surface area (TPSA) is 41.3 Å². The first-order valence-electron chi connectivity index (χ1n) is 7.12. The maximum Gasteiger partial charge on any atom is 0.139 e. The summed E-state index contributed by atoms with van der Waals surface area (Å²) in [5, 5.41) is 4.81. The number of hydrogen-bond acceptors (Lipinski definition) is 4. The van der Waals surface area contributed by atoms with E-state index >= 15 is 0 Å². The smallest absolute Gasteiger partial charge is 0.139 e. The van der Waals surface area contributed by atoms with Crippen LogP contribution >= 0.6 is 0 Å². The Morgan fingerprint density at radius 1 is 1.26 bits per heavy atom. The Kier molecular flexibility index (Phi) is 2.52. The van der Waals surface area contributed by atoms with Crippen LogP contribution < -0.4 is 10.2 Å².